The van der Waals surface area contributed by atoms with Gasteiger partial charge in [-0.25, -0.2) is 0 Å². The third kappa shape index (κ3) is 13.1. The number of hydrogen-bond acceptors (Lipinski definition) is 1. The van der Waals surface area contributed by atoms with Crippen LogP contribution < -0.4 is 0 Å². The monoisotopic (exact) mass is 223 g/mol. The number of hydrogen-bond donors (Lipinski definition) is 0. The Kier molecular flexibility index (Phi) is 13.2. The average molecular weight is 223 g/mol. The molecule has 0 aromatic rings. The Morgan fingerprint density at radius 1 is 0.938 bits per heavy atom. The minimum absolute atomic E-state index is 0.494. The summed E-state index contributed by atoms with van der Waals surface area (Å²) < 4.78 is 0. The molecule has 0 rings (SSSR count). The molecule has 0 amide bonds. The first kappa shape index (κ1) is 15.0. The molecule has 92 valence electrons. The Bertz CT molecular complexity index is 205. The summed E-state index contributed by atoms with van der Waals surface area (Å²) in [6.07, 6.45) is 16.1. The minimum Gasteiger partial charge on any atom is -0.0899 e. The van der Waals surface area contributed by atoms with Crippen molar-refractivity contribution in [2.45, 2.75) is 64.7 Å². The molecule has 0 aliphatic heterocycles. The van der Waals surface area contributed by atoms with Crippen molar-refractivity contribution in [3.05, 3.63) is 22.6 Å². The van der Waals surface area contributed by atoms with E-state index in [1.54, 1.807) is 0 Å². The molecule has 0 saturated carbocycles. The SMILES string of the molecule is CCCCCCCCCC/C=C/CN=[N+]=[N-]. The van der Waals surface area contributed by atoms with Gasteiger partial charge in [-0.05, 0) is 18.4 Å². The van der Waals surface area contributed by atoms with Crippen molar-refractivity contribution >= 4 is 0 Å². The molecular weight excluding hydrogens is 198 g/mol. The first-order chi connectivity index (χ1) is 7.91. The standard InChI is InChI=1S/C13H25N3/c1-2-3-4-5-6-7-8-9-10-11-12-13-15-16-14/h11-12H,2-10,13H2,1H3/b12-11+. The summed E-state index contributed by atoms with van der Waals surface area (Å²) in [4.78, 5) is 2.69. The summed E-state index contributed by atoms with van der Waals surface area (Å²) in [5, 5.41) is 3.44. The van der Waals surface area contributed by atoms with Crippen molar-refractivity contribution in [3.63, 3.8) is 0 Å². The Balaban J connectivity index is 3.03. The van der Waals surface area contributed by atoms with Crippen LogP contribution in [0, 0.1) is 0 Å². The Hall–Kier alpha value is -0.950. The minimum atomic E-state index is 0.494. The van der Waals surface area contributed by atoms with E-state index in [9.17, 15) is 0 Å². The van der Waals surface area contributed by atoms with Crippen LogP contribution >= 0.6 is 0 Å². The zero-order valence-electron chi connectivity index (χ0n) is 10.6. The van der Waals surface area contributed by atoms with E-state index >= 15 is 0 Å². The van der Waals surface area contributed by atoms with E-state index in [2.05, 4.69) is 23.0 Å². The van der Waals surface area contributed by atoms with Crippen molar-refractivity contribution in [1.29, 1.82) is 0 Å². The van der Waals surface area contributed by atoms with Gasteiger partial charge in [0.05, 0.1) is 0 Å². The highest BCUT2D eigenvalue weighted by Gasteiger charge is 1.89. The second-order valence-electron chi connectivity index (χ2n) is 4.15. The van der Waals surface area contributed by atoms with Crippen LogP contribution in [0.1, 0.15) is 64.7 Å². The van der Waals surface area contributed by atoms with E-state index in [0.717, 1.165) is 6.42 Å². The van der Waals surface area contributed by atoms with Gasteiger partial charge in [-0.15, -0.1) is 0 Å². The third-order valence-electron chi connectivity index (χ3n) is 2.64. The Morgan fingerprint density at radius 3 is 2.19 bits per heavy atom. The maximum Gasteiger partial charge on any atom is 0.0440 e. The molecule has 0 fully saturated rings. The van der Waals surface area contributed by atoms with E-state index in [1.165, 1.54) is 51.4 Å². The summed E-state index contributed by atoms with van der Waals surface area (Å²) in [6.45, 7) is 2.75. The fourth-order valence-electron chi connectivity index (χ4n) is 1.67. The van der Waals surface area contributed by atoms with Gasteiger partial charge in [-0.2, -0.15) is 0 Å². The summed E-state index contributed by atoms with van der Waals surface area (Å²) in [6, 6.07) is 0. The van der Waals surface area contributed by atoms with E-state index in [4.69, 9.17) is 5.53 Å². The van der Waals surface area contributed by atoms with Gasteiger partial charge in [0.25, 0.3) is 0 Å². The van der Waals surface area contributed by atoms with Crippen LogP contribution in [0.5, 0.6) is 0 Å². The van der Waals surface area contributed by atoms with Crippen molar-refractivity contribution < 1.29 is 0 Å². The first-order valence-corrected chi connectivity index (χ1v) is 6.57. The highest BCUT2D eigenvalue weighted by atomic mass is 15.1. The molecule has 0 atom stereocenters. The first-order valence-electron chi connectivity index (χ1n) is 6.57. The lowest BCUT2D eigenvalue weighted by atomic mass is 10.1. The van der Waals surface area contributed by atoms with Crippen molar-refractivity contribution in [1.82, 2.24) is 0 Å². The zero-order valence-corrected chi connectivity index (χ0v) is 10.6. The molecule has 0 saturated heterocycles. The van der Waals surface area contributed by atoms with Crippen LogP contribution in [0.15, 0.2) is 17.3 Å². The summed E-state index contributed by atoms with van der Waals surface area (Å²) >= 11 is 0. The molecule has 3 heteroatoms. The molecule has 0 aromatic heterocycles. The van der Waals surface area contributed by atoms with Crippen LogP contribution in [0.25, 0.3) is 10.4 Å². The maximum atomic E-state index is 8.05. The number of allylic oxidation sites excluding steroid dienone is 1. The summed E-state index contributed by atoms with van der Waals surface area (Å²) in [7, 11) is 0. The topological polar surface area (TPSA) is 48.8 Å². The number of rotatable bonds is 11. The molecular formula is C13H25N3. The van der Waals surface area contributed by atoms with E-state index in [1.807, 2.05) is 6.08 Å². The van der Waals surface area contributed by atoms with Gasteiger partial charge in [0.1, 0.15) is 0 Å². The molecule has 0 aliphatic rings. The molecule has 0 aliphatic carbocycles. The van der Waals surface area contributed by atoms with Crippen LogP contribution in [0.2, 0.25) is 0 Å². The van der Waals surface area contributed by atoms with E-state index in [-0.39, 0.29) is 0 Å². The van der Waals surface area contributed by atoms with Crippen molar-refractivity contribution in [2.24, 2.45) is 5.11 Å². The van der Waals surface area contributed by atoms with Gasteiger partial charge in [-0.3, -0.25) is 0 Å². The lowest BCUT2D eigenvalue weighted by molar-refractivity contribution is 0.577. The lowest BCUT2D eigenvalue weighted by Crippen LogP contribution is -1.80. The van der Waals surface area contributed by atoms with Crippen LogP contribution in [0.3, 0.4) is 0 Å². The van der Waals surface area contributed by atoms with Gasteiger partial charge in [-0.1, -0.05) is 69.1 Å². The largest absolute Gasteiger partial charge is 0.0899 e. The normalized spacial score (nSPS) is 10.6. The molecule has 0 N–H and O–H groups in total. The highest BCUT2D eigenvalue weighted by molar-refractivity contribution is 4.83. The molecule has 0 bridgehead atoms. The van der Waals surface area contributed by atoms with Gasteiger partial charge in [0.15, 0.2) is 0 Å². The predicted molar refractivity (Wildman–Crippen MR) is 70.4 cm³/mol. The van der Waals surface area contributed by atoms with Crippen molar-refractivity contribution in [3.8, 4) is 0 Å². The van der Waals surface area contributed by atoms with Gasteiger partial charge >= 0.3 is 0 Å². The Morgan fingerprint density at radius 2 is 1.56 bits per heavy atom. The van der Waals surface area contributed by atoms with E-state index in [0.29, 0.717) is 6.54 Å². The fraction of sp³-hybridized carbons (Fsp3) is 0.846. The molecule has 0 radical (unpaired) electrons. The molecule has 0 unspecified atom stereocenters. The smallest absolute Gasteiger partial charge is 0.0440 e. The molecule has 0 heterocycles. The lowest BCUT2D eigenvalue weighted by Gasteiger charge is -1.99. The third-order valence-corrected chi connectivity index (χ3v) is 2.64. The van der Waals surface area contributed by atoms with Gasteiger partial charge in [0.2, 0.25) is 0 Å². The zero-order chi connectivity index (χ0) is 11.9. The van der Waals surface area contributed by atoms with Crippen LogP contribution in [0.4, 0.5) is 0 Å². The molecule has 3 nitrogen and oxygen atoms in total. The second-order valence-corrected chi connectivity index (χ2v) is 4.15. The molecule has 16 heavy (non-hydrogen) atoms. The average Bonchev–Trinajstić information content (AvgIpc) is 2.31. The number of azide groups is 1. The summed E-state index contributed by atoms with van der Waals surface area (Å²) in [5.41, 5.74) is 8.05. The quantitative estimate of drug-likeness (QED) is 0.148. The van der Waals surface area contributed by atoms with Crippen LogP contribution in [-0.4, -0.2) is 6.54 Å². The predicted octanol–water partition coefficient (Wildman–Crippen LogP) is 5.38. The van der Waals surface area contributed by atoms with Gasteiger partial charge < -0.3 is 0 Å². The van der Waals surface area contributed by atoms with Crippen molar-refractivity contribution in [2.75, 3.05) is 6.54 Å². The highest BCUT2D eigenvalue weighted by Crippen LogP contribution is 2.09. The number of nitrogens with zero attached hydrogens (tertiary/aromatic N) is 3. The number of unbranched alkanes of at least 4 members (excludes halogenated alkanes) is 8. The molecule has 0 spiro atoms. The maximum absolute atomic E-state index is 8.05. The molecule has 0 aromatic carbocycles. The summed E-state index contributed by atoms with van der Waals surface area (Å²) in [5.74, 6) is 0. The van der Waals surface area contributed by atoms with Gasteiger partial charge in [0, 0.05) is 11.5 Å². The van der Waals surface area contributed by atoms with E-state index < -0.39 is 0 Å². The van der Waals surface area contributed by atoms with Crippen LogP contribution in [-0.2, 0) is 0 Å². The Labute approximate surface area is 99.6 Å². The second kappa shape index (κ2) is 14.1. The fourth-order valence-corrected chi connectivity index (χ4v) is 1.67.